The first-order chi connectivity index (χ1) is 7.45. The third-order valence-electron chi connectivity index (χ3n) is 3.17. The number of phenolic OH excluding ortho intramolecular Hbond substituents is 1. The van der Waals surface area contributed by atoms with E-state index >= 15 is 0 Å². The zero-order valence-corrected chi connectivity index (χ0v) is 8.86. The van der Waals surface area contributed by atoms with Crippen molar-refractivity contribution in [3.05, 3.63) is 29.3 Å². The number of carboxylic acids is 1. The standard InChI is InChI=1S/C12H12O4/c1-7-2-3-8(4-10(7)14)12(11(15)16)5-9(13)6-12/h2-4,14H,5-6H2,1H3,(H,15,16). The SMILES string of the molecule is Cc1ccc(C2(C(=O)O)CC(=O)C2)cc1O. The molecule has 0 spiro atoms. The number of rotatable bonds is 2. The quantitative estimate of drug-likeness (QED) is 0.789. The van der Waals surface area contributed by atoms with Gasteiger partial charge in [0.15, 0.2) is 0 Å². The highest BCUT2D eigenvalue weighted by atomic mass is 16.4. The minimum atomic E-state index is -1.12. The molecule has 0 unspecified atom stereocenters. The van der Waals surface area contributed by atoms with Gasteiger partial charge in [0.1, 0.15) is 16.9 Å². The Morgan fingerprint density at radius 1 is 1.38 bits per heavy atom. The topological polar surface area (TPSA) is 74.6 Å². The van der Waals surface area contributed by atoms with Crippen molar-refractivity contribution in [1.82, 2.24) is 0 Å². The van der Waals surface area contributed by atoms with Crippen molar-refractivity contribution >= 4 is 11.8 Å². The summed E-state index contributed by atoms with van der Waals surface area (Å²) >= 11 is 0. The Kier molecular flexibility index (Phi) is 2.22. The molecule has 0 aromatic heterocycles. The molecule has 1 aromatic rings. The number of ketones is 1. The Labute approximate surface area is 92.5 Å². The fourth-order valence-corrected chi connectivity index (χ4v) is 2.01. The zero-order chi connectivity index (χ0) is 11.9. The van der Waals surface area contributed by atoms with Crippen molar-refractivity contribution in [2.45, 2.75) is 25.2 Å². The number of aliphatic carboxylic acids is 1. The molecule has 1 aliphatic rings. The predicted molar refractivity (Wildman–Crippen MR) is 56.4 cm³/mol. The summed E-state index contributed by atoms with van der Waals surface area (Å²) < 4.78 is 0. The lowest BCUT2D eigenvalue weighted by atomic mass is 9.63. The molecule has 0 heterocycles. The van der Waals surface area contributed by atoms with Crippen molar-refractivity contribution in [1.29, 1.82) is 0 Å². The Bertz CT molecular complexity index is 468. The molecular formula is C12H12O4. The van der Waals surface area contributed by atoms with E-state index in [2.05, 4.69) is 0 Å². The molecule has 1 saturated carbocycles. The molecule has 2 rings (SSSR count). The maximum atomic E-state index is 11.2. The van der Waals surface area contributed by atoms with E-state index < -0.39 is 11.4 Å². The number of benzene rings is 1. The Balaban J connectivity index is 2.45. The van der Waals surface area contributed by atoms with Crippen molar-refractivity contribution in [2.24, 2.45) is 0 Å². The normalized spacial score (nSPS) is 17.9. The van der Waals surface area contributed by atoms with Gasteiger partial charge in [-0.25, -0.2) is 0 Å². The molecule has 16 heavy (non-hydrogen) atoms. The summed E-state index contributed by atoms with van der Waals surface area (Å²) in [6.07, 6.45) is 0.0374. The maximum Gasteiger partial charge on any atom is 0.315 e. The van der Waals surface area contributed by atoms with Crippen LogP contribution in [0.4, 0.5) is 0 Å². The van der Waals surface area contributed by atoms with Crippen molar-refractivity contribution in [2.75, 3.05) is 0 Å². The van der Waals surface area contributed by atoms with Crippen LogP contribution < -0.4 is 0 Å². The van der Waals surface area contributed by atoms with Crippen LogP contribution in [0.15, 0.2) is 18.2 Å². The second-order valence-corrected chi connectivity index (χ2v) is 4.28. The average Bonchev–Trinajstić information content (AvgIpc) is 2.17. The maximum absolute atomic E-state index is 11.2. The van der Waals surface area contributed by atoms with Crippen molar-refractivity contribution in [3.63, 3.8) is 0 Å². The summed E-state index contributed by atoms with van der Waals surface area (Å²) in [6, 6.07) is 4.77. The van der Waals surface area contributed by atoms with Gasteiger partial charge in [-0.3, -0.25) is 9.59 Å². The molecule has 1 aliphatic carbocycles. The molecule has 4 nitrogen and oxygen atoms in total. The highest BCUT2D eigenvalue weighted by molar-refractivity contribution is 6.01. The van der Waals surface area contributed by atoms with E-state index in [0.717, 1.165) is 0 Å². The minimum Gasteiger partial charge on any atom is -0.508 e. The van der Waals surface area contributed by atoms with E-state index in [9.17, 15) is 19.8 Å². The average molecular weight is 220 g/mol. The number of carboxylic acid groups (broad SMARTS) is 1. The first-order valence-electron chi connectivity index (χ1n) is 5.01. The van der Waals surface area contributed by atoms with E-state index in [4.69, 9.17) is 0 Å². The molecule has 4 heteroatoms. The minimum absolute atomic E-state index is 0.0187. The van der Waals surface area contributed by atoms with Crippen LogP contribution in [0.2, 0.25) is 0 Å². The first kappa shape index (κ1) is 10.7. The van der Waals surface area contributed by atoms with Gasteiger partial charge in [0.2, 0.25) is 0 Å². The molecule has 0 bridgehead atoms. The lowest BCUT2D eigenvalue weighted by molar-refractivity contribution is -0.153. The summed E-state index contributed by atoms with van der Waals surface area (Å²) in [5.41, 5.74) is 0.0695. The summed E-state index contributed by atoms with van der Waals surface area (Å²) in [7, 11) is 0. The van der Waals surface area contributed by atoms with Gasteiger partial charge < -0.3 is 10.2 Å². The van der Waals surface area contributed by atoms with Crippen LogP contribution in [0.5, 0.6) is 5.75 Å². The lowest BCUT2D eigenvalue weighted by Crippen LogP contribution is -2.48. The summed E-state index contributed by atoms with van der Waals surface area (Å²) in [4.78, 5) is 22.2. The van der Waals surface area contributed by atoms with Gasteiger partial charge in [0, 0.05) is 12.8 Å². The van der Waals surface area contributed by atoms with Crippen LogP contribution in [-0.2, 0) is 15.0 Å². The number of carbonyl (C=O) groups excluding carboxylic acids is 1. The van der Waals surface area contributed by atoms with Gasteiger partial charge in [-0.05, 0) is 24.1 Å². The van der Waals surface area contributed by atoms with E-state index in [0.29, 0.717) is 11.1 Å². The molecule has 84 valence electrons. The third kappa shape index (κ3) is 1.38. The Morgan fingerprint density at radius 2 is 2.00 bits per heavy atom. The Hall–Kier alpha value is -1.84. The van der Waals surface area contributed by atoms with Gasteiger partial charge in [-0.1, -0.05) is 12.1 Å². The van der Waals surface area contributed by atoms with E-state index in [1.807, 2.05) is 0 Å². The van der Waals surface area contributed by atoms with Gasteiger partial charge in [0.25, 0.3) is 0 Å². The number of aryl methyl sites for hydroxylation is 1. The van der Waals surface area contributed by atoms with E-state index in [-0.39, 0.29) is 24.4 Å². The molecule has 0 saturated heterocycles. The third-order valence-corrected chi connectivity index (χ3v) is 3.17. The molecular weight excluding hydrogens is 208 g/mol. The molecule has 1 aromatic carbocycles. The predicted octanol–water partition coefficient (Wildman–Crippen LogP) is 1.39. The van der Waals surface area contributed by atoms with Gasteiger partial charge in [-0.15, -0.1) is 0 Å². The van der Waals surface area contributed by atoms with Crippen LogP contribution in [0, 0.1) is 6.92 Å². The number of phenols is 1. The number of Topliss-reactive ketones (excluding diaryl/α,β-unsaturated/α-hetero) is 1. The van der Waals surface area contributed by atoms with Crippen molar-refractivity contribution in [3.8, 4) is 5.75 Å². The second-order valence-electron chi connectivity index (χ2n) is 4.28. The second kappa shape index (κ2) is 3.33. The fraction of sp³-hybridized carbons (Fsp3) is 0.333. The summed E-state index contributed by atoms with van der Waals surface area (Å²) in [5, 5.41) is 18.7. The van der Waals surface area contributed by atoms with Crippen molar-refractivity contribution < 1.29 is 19.8 Å². The molecule has 0 amide bonds. The van der Waals surface area contributed by atoms with E-state index in [1.54, 1.807) is 19.1 Å². The number of aromatic hydroxyl groups is 1. The monoisotopic (exact) mass is 220 g/mol. The summed E-state index contributed by atoms with van der Waals surface area (Å²) in [5.74, 6) is -0.990. The summed E-state index contributed by atoms with van der Waals surface area (Å²) in [6.45, 7) is 1.73. The van der Waals surface area contributed by atoms with Crippen LogP contribution in [-0.4, -0.2) is 22.0 Å². The molecule has 1 fully saturated rings. The molecule has 0 radical (unpaired) electrons. The molecule has 0 aliphatic heterocycles. The molecule has 2 N–H and O–H groups in total. The zero-order valence-electron chi connectivity index (χ0n) is 8.86. The highest BCUT2D eigenvalue weighted by Gasteiger charge is 2.51. The molecule has 0 atom stereocenters. The lowest BCUT2D eigenvalue weighted by Gasteiger charge is -2.36. The first-order valence-corrected chi connectivity index (χ1v) is 5.01. The number of hydrogen-bond donors (Lipinski definition) is 2. The van der Waals surface area contributed by atoms with Crippen LogP contribution in [0.25, 0.3) is 0 Å². The number of hydrogen-bond acceptors (Lipinski definition) is 3. The van der Waals surface area contributed by atoms with Crippen LogP contribution in [0.1, 0.15) is 24.0 Å². The van der Waals surface area contributed by atoms with Crippen LogP contribution >= 0.6 is 0 Å². The number of carbonyl (C=O) groups is 2. The van der Waals surface area contributed by atoms with Gasteiger partial charge >= 0.3 is 5.97 Å². The Morgan fingerprint density at radius 3 is 2.44 bits per heavy atom. The van der Waals surface area contributed by atoms with Gasteiger partial charge in [0.05, 0.1) is 0 Å². The highest BCUT2D eigenvalue weighted by Crippen LogP contribution is 2.42. The van der Waals surface area contributed by atoms with Gasteiger partial charge in [-0.2, -0.15) is 0 Å². The smallest absolute Gasteiger partial charge is 0.315 e. The fourth-order valence-electron chi connectivity index (χ4n) is 2.01. The largest absolute Gasteiger partial charge is 0.508 e. The van der Waals surface area contributed by atoms with Crippen LogP contribution in [0.3, 0.4) is 0 Å². The van der Waals surface area contributed by atoms with E-state index in [1.165, 1.54) is 6.07 Å².